The van der Waals surface area contributed by atoms with E-state index in [1.165, 1.54) is 90.3 Å². The van der Waals surface area contributed by atoms with Crippen LogP contribution in [0.15, 0.2) is 0 Å². The predicted molar refractivity (Wildman–Crippen MR) is 81.4 cm³/mol. The maximum atomic E-state index is 3.69. The first-order valence-electron chi connectivity index (χ1n) is 8.91. The second-order valence-electron chi connectivity index (χ2n) is 7.08. The Morgan fingerprint density at radius 2 is 1.74 bits per heavy atom. The van der Waals surface area contributed by atoms with Crippen molar-refractivity contribution < 1.29 is 0 Å². The van der Waals surface area contributed by atoms with Crippen LogP contribution >= 0.6 is 0 Å². The van der Waals surface area contributed by atoms with E-state index in [0.29, 0.717) is 0 Å². The summed E-state index contributed by atoms with van der Waals surface area (Å²) in [4.78, 5) is 2.86. The quantitative estimate of drug-likeness (QED) is 0.835. The van der Waals surface area contributed by atoms with Crippen molar-refractivity contribution in [3.63, 3.8) is 0 Å². The topological polar surface area (TPSA) is 15.3 Å². The minimum atomic E-state index is 0.834. The van der Waals surface area contributed by atoms with Crippen LogP contribution in [0.1, 0.15) is 70.6 Å². The molecule has 1 unspecified atom stereocenters. The Morgan fingerprint density at radius 1 is 0.895 bits per heavy atom. The molecule has 3 fully saturated rings. The molecule has 3 rings (SSSR count). The van der Waals surface area contributed by atoms with E-state index >= 15 is 0 Å². The normalized spacial score (nSPS) is 36.9. The summed E-state index contributed by atoms with van der Waals surface area (Å²) in [5, 5.41) is 3.69. The first-order chi connectivity index (χ1) is 9.43. The van der Waals surface area contributed by atoms with E-state index in [2.05, 4.69) is 10.2 Å². The third kappa shape index (κ3) is 3.72. The van der Waals surface area contributed by atoms with Crippen molar-refractivity contribution in [1.82, 2.24) is 10.2 Å². The molecule has 0 spiro atoms. The van der Waals surface area contributed by atoms with E-state index in [0.717, 1.165) is 18.0 Å². The lowest BCUT2D eigenvalue weighted by atomic mass is 9.78. The Kier molecular flexibility index (Phi) is 5.17. The van der Waals surface area contributed by atoms with Crippen molar-refractivity contribution in [2.75, 3.05) is 19.6 Å². The van der Waals surface area contributed by atoms with Gasteiger partial charge in [0.1, 0.15) is 0 Å². The molecule has 0 aromatic heterocycles. The van der Waals surface area contributed by atoms with Gasteiger partial charge in [-0.2, -0.15) is 0 Å². The van der Waals surface area contributed by atoms with Gasteiger partial charge in [0.25, 0.3) is 0 Å². The molecule has 1 N–H and O–H groups in total. The molecule has 2 aliphatic heterocycles. The molecule has 3 atom stereocenters. The summed E-state index contributed by atoms with van der Waals surface area (Å²) in [6, 6.07) is 1.79. The number of nitrogens with zero attached hydrogens (tertiary/aromatic N) is 1. The molecule has 0 aromatic carbocycles. The highest BCUT2D eigenvalue weighted by atomic mass is 15.2. The maximum absolute atomic E-state index is 3.69. The molecule has 2 heterocycles. The lowest BCUT2D eigenvalue weighted by Gasteiger charge is -2.44. The van der Waals surface area contributed by atoms with Gasteiger partial charge in [-0.3, -0.25) is 0 Å². The van der Waals surface area contributed by atoms with Gasteiger partial charge >= 0.3 is 0 Å². The van der Waals surface area contributed by atoms with E-state index in [4.69, 9.17) is 0 Å². The van der Waals surface area contributed by atoms with Crippen molar-refractivity contribution in [2.45, 2.75) is 82.7 Å². The average Bonchev–Trinajstić information content (AvgIpc) is 2.49. The molecule has 0 radical (unpaired) electrons. The van der Waals surface area contributed by atoms with Crippen molar-refractivity contribution in [2.24, 2.45) is 5.92 Å². The van der Waals surface area contributed by atoms with Crippen LogP contribution < -0.4 is 5.32 Å². The summed E-state index contributed by atoms with van der Waals surface area (Å²) in [6.45, 7) is 4.03. The molecule has 2 heteroatoms. The first kappa shape index (κ1) is 13.9. The Hall–Kier alpha value is -0.0800. The van der Waals surface area contributed by atoms with Gasteiger partial charge in [-0.1, -0.05) is 19.3 Å². The molecule has 0 amide bonds. The summed E-state index contributed by atoms with van der Waals surface area (Å²) in [5.41, 5.74) is 0. The molecular formula is C17H32N2. The number of hydrogen-bond acceptors (Lipinski definition) is 2. The summed E-state index contributed by atoms with van der Waals surface area (Å²) in [5.74, 6) is 1.05. The second kappa shape index (κ2) is 7.08. The predicted octanol–water partition coefficient (Wildman–Crippen LogP) is 3.56. The zero-order valence-corrected chi connectivity index (χ0v) is 12.6. The molecule has 0 aromatic rings. The molecule has 2 saturated heterocycles. The Labute approximate surface area is 119 Å². The molecule has 2 nitrogen and oxygen atoms in total. The minimum Gasteiger partial charge on any atom is -0.314 e. The number of nitrogens with one attached hydrogen (secondary N) is 1. The Bertz CT molecular complexity index is 258. The third-order valence-corrected chi connectivity index (χ3v) is 5.77. The van der Waals surface area contributed by atoms with Crippen LogP contribution in [0, 0.1) is 5.92 Å². The van der Waals surface area contributed by atoms with Gasteiger partial charge in [0, 0.05) is 12.1 Å². The number of rotatable bonds is 4. The van der Waals surface area contributed by atoms with Crippen molar-refractivity contribution in [1.29, 1.82) is 0 Å². The van der Waals surface area contributed by atoms with Gasteiger partial charge in [-0.05, 0) is 76.9 Å². The summed E-state index contributed by atoms with van der Waals surface area (Å²) in [7, 11) is 0. The van der Waals surface area contributed by atoms with Crippen LogP contribution in [0.2, 0.25) is 0 Å². The van der Waals surface area contributed by atoms with Crippen LogP contribution in [0.5, 0.6) is 0 Å². The molecule has 3 aliphatic rings. The fraction of sp³-hybridized carbons (Fsp3) is 1.00. The fourth-order valence-corrected chi connectivity index (χ4v) is 4.72. The highest BCUT2D eigenvalue weighted by molar-refractivity contribution is 4.87. The lowest BCUT2D eigenvalue weighted by molar-refractivity contribution is 0.0588. The molecule has 1 saturated carbocycles. The average molecular weight is 264 g/mol. The fourth-order valence-electron chi connectivity index (χ4n) is 4.72. The van der Waals surface area contributed by atoms with E-state index < -0.39 is 0 Å². The van der Waals surface area contributed by atoms with Crippen LogP contribution in [-0.2, 0) is 0 Å². The molecule has 0 bridgehead atoms. The zero-order valence-electron chi connectivity index (χ0n) is 12.6. The maximum Gasteiger partial charge on any atom is 0.0123 e. The number of piperidine rings is 2. The molecular weight excluding hydrogens is 232 g/mol. The van der Waals surface area contributed by atoms with Crippen LogP contribution in [0.4, 0.5) is 0 Å². The number of hydrogen-bond donors (Lipinski definition) is 1. The molecule has 1 aliphatic carbocycles. The number of fused-ring (bicyclic) bond motifs is 1. The standard InChI is InChI=1S/C17H32N2/c1-2-11-17-15(7-1)8-5-13-19(17)14-6-10-16-9-3-4-12-18-16/h15-18H,1-14H2/t15-,16?,17-/m1/s1. The SMILES string of the molecule is C1CCC(CCCN2CCC[C@H]3CCCC[C@H]32)NC1. The largest absolute Gasteiger partial charge is 0.314 e. The highest BCUT2D eigenvalue weighted by Gasteiger charge is 2.32. The summed E-state index contributed by atoms with van der Waals surface area (Å²) < 4.78 is 0. The van der Waals surface area contributed by atoms with Crippen molar-refractivity contribution >= 4 is 0 Å². The van der Waals surface area contributed by atoms with Gasteiger partial charge in [0.2, 0.25) is 0 Å². The van der Waals surface area contributed by atoms with Crippen molar-refractivity contribution in [3.05, 3.63) is 0 Å². The molecule has 110 valence electrons. The van der Waals surface area contributed by atoms with Gasteiger partial charge < -0.3 is 10.2 Å². The van der Waals surface area contributed by atoms with Crippen LogP contribution in [-0.4, -0.2) is 36.6 Å². The smallest absolute Gasteiger partial charge is 0.0123 e. The van der Waals surface area contributed by atoms with Gasteiger partial charge in [0.05, 0.1) is 0 Å². The summed E-state index contributed by atoms with van der Waals surface area (Å²) >= 11 is 0. The lowest BCUT2D eigenvalue weighted by Crippen LogP contribution is -2.47. The van der Waals surface area contributed by atoms with E-state index in [-0.39, 0.29) is 0 Å². The highest BCUT2D eigenvalue weighted by Crippen LogP contribution is 2.35. The monoisotopic (exact) mass is 264 g/mol. The van der Waals surface area contributed by atoms with E-state index in [9.17, 15) is 0 Å². The van der Waals surface area contributed by atoms with E-state index in [1.54, 1.807) is 0 Å². The zero-order chi connectivity index (χ0) is 12.9. The van der Waals surface area contributed by atoms with Gasteiger partial charge in [-0.25, -0.2) is 0 Å². The Morgan fingerprint density at radius 3 is 2.63 bits per heavy atom. The van der Waals surface area contributed by atoms with E-state index in [1.807, 2.05) is 0 Å². The minimum absolute atomic E-state index is 0.834. The van der Waals surface area contributed by atoms with Crippen LogP contribution in [0.3, 0.4) is 0 Å². The molecule has 19 heavy (non-hydrogen) atoms. The number of likely N-dealkylation sites (tertiary alicyclic amines) is 1. The Balaban J connectivity index is 1.40. The third-order valence-electron chi connectivity index (χ3n) is 5.77. The first-order valence-corrected chi connectivity index (χ1v) is 8.91. The van der Waals surface area contributed by atoms with Gasteiger partial charge in [0.15, 0.2) is 0 Å². The second-order valence-corrected chi connectivity index (χ2v) is 7.08. The van der Waals surface area contributed by atoms with Crippen LogP contribution in [0.25, 0.3) is 0 Å². The van der Waals surface area contributed by atoms with Crippen molar-refractivity contribution in [3.8, 4) is 0 Å². The van der Waals surface area contributed by atoms with Gasteiger partial charge in [-0.15, -0.1) is 0 Å². The summed E-state index contributed by atoms with van der Waals surface area (Å²) in [6.07, 6.45) is 16.1.